The van der Waals surface area contributed by atoms with E-state index in [-0.39, 0.29) is 11.5 Å². The molecule has 7 heteroatoms. The Morgan fingerprint density at radius 2 is 2.00 bits per heavy atom. The molecule has 1 aromatic heterocycles. The van der Waals surface area contributed by atoms with Crippen molar-refractivity contribution in [3.63, 3.8) is 0 Å². The van der Waals surface area contributed by atoms with Crippen molar-refractivity contribution in [1.29, 1.82) is 0 Å². The first-order valence-electron chi connectivity index (χ1n) is 6.21. The normalized spacial score (nSPS) is 10.6. The zero-order chi connectivity index (χ0) is 15.2. The van der Waals surface area contributed by atoms with Crippen LogP contribution < -0.4 is 20.5 Å². The van der Waals surface area contributed by atoms with Crippen LogP contribution in [0.4, 0.5) is 5.95 Å². The summed E-state index contributed by atoms with van der Waals surface area (Å²) in [5.41, 5.74) is 3.87. The van der Waals surface area contributed by atoms with Crippen LogP contribution in [0, 0.1) is 6.92 Å². The molecular weight excluding hydrogens is 272 g/mol. The van der Waals surface area contributed by atoms with Crippen molar-refractivity contribution in [3.8, 4) is 11.5 Å². The highest BCUT2D eigenvalue weighted by Crippen LogP contribution is 2.26. The summed E-state index contributed by atoms with van der Waals surface area (Å²) in [7, 11) is 3.14. The summed E-state index contributed by atoms with van der Waals surface area (Å²) in [6, 6.07) is 6.81. The van der Waals surface area contributed by atoms with E-state index >= 15 is 0 Å². The summed E-state index contributed by atoms with van der Waals surface area (Å²) < 4.78 is 10.4. The monoisotopic (exact) mass is 288 g/mol. The van der Waals surface area contributed by atoms with Crippen LogP contribution in [0.15, 0.2) is 34.2 Å². The molecule has 2 rings (SSSR count). The van der Waals surface area contributed by atoms with Crippen molar-refractivity contribution < 1.29 is 9.47 Å². The number of benzene rings is 1. The lowest BCUT2D eigenvalue weighted by Crippen LogP contribution is -2.10. The minimum absolute atomic E-state index is 0.230. The van der Waals surface area contributed by atoms with E-state index in [9.17, 15) is 4.79 Å². The van der Waals surface area contributed by atoms with Gasteiger partial charge in [0, 0.05) is 11.8 Å². The average molecular weight is 288 g/mol. The fourth-order valence-electron chi connectivity index (χ4n) is 1.73. The molecule has 0 saturated carbocycles. The van der Waals surface area contributed by atoms with Crippen LogP contribution in [0.1, 0.15) is 11.3 Å². The number of hydrogen-bond acceptors (Lipinski definition) is 6. The Labute approximate surface area is 121 Å². The highest BCUT2D eigenvalue weighted by molar-refractivity contribution is 5.81. The van der Waals surface area contributed by atoms with Crippen molar-refractivity contribution in [2.45, 2.75) is 6.92 Å². The molecule has 0 atom stereocenters. The number of rotatable bonds is 5. The standard InChI is InChI=1S/C14H16N4O3/c1-9-6-13(19)17-14(16-9)18-15-8-10-4-5-11(20-2)12(7-10)21-3/h4-8H,1-3H3,(H2,16,17,18,19)/b15-8+. The molecule has 0 amide bonds. The van der Waals surface area contributed by atoms with E-state index in [1.807, 2.05) is 6.07 Å². The summed E-state index contributed by atoms with van der Waals surface area (Å²) in [6.07, 6.45) is 1.59. The van der Waals surface area contributed by atoms with Gasteiger partial charge < -0.3 is 9.47 Å². The first-order valence-corrected chi connectivity index (χ1v) is 6.21. The van der Waals surface area contributed by atoms with Crippen molar-refractivity contribution in [1.82, 2.24) is 9.97 Å². The number of anilines is 1. The van der Waals surface area contributed by atoms with E-state index < -0.39 is 0 Å². The van der Waals surface area contributed by atoms with Crippen molar-refractivity contribution in [3.05, 3.63) is 45.9 Å². The van der Waals surface area contributed by atoms with Gasteiger partial charge in [0.05, 0.1) is 20.4 Å². The zero-order valence-corrected chi connectivity index (χ0v) is 12.0. The van der Waals surface area contributed by atoms with Gasteiger partial charge in [0.2, 0.25) is 5.95 Å². The first kappa shape index (κ1) is 14.6. The summed E-state index contributed by atoms with van der Waals surface area (Å²) in [5, 5.41) is 4.02. The van der Waals surface area contributed by atoms with Gasteiger partial charge in [-0.15, -0.1) is 0 Å². The van der Waals surface area contributed by atoms with E-state index in [1.54, 1.807) is 39.5 Å². The van der Waals surface area contributed by atoms with E-state index in [0.717, 1.165) is 5.56 Å². The molecule has 0 aliphatic carbocycles. The Balaban J connectivity index is 2.12. The SMILES string of the molecule is COc1ccc(/C=N/Nc2nc(C)cc(=O)[nH]2)cc1OC. The molecule has 2 N–H and O–H groups in total. The maximum atomic E-state index is 11.3. The number of nitrogens with one attached hydrogen (secondary N) is 2. The number of methoxy groups -OCH3 is 2. The molecule has 0 radical (unpaired) electrons. The summed E-state index contributed by atoms with van der Waals surface area (Å²) in [5.74, 6) is 1.55. The zero-order valence-electron chi connectivity index (χ0n) is 12.0. The second-order valence-electron chi connectivity index (χ2n) is 4.22. The minimum atomic E-state index is -0.230. The summed E-state index contributed by atoms with van der Waals surface area (Å²) in [4.78, 5) is 17.9. The first-order chi connectivity index (χ1) is 10.1. The van der Waals surface area contributed by atoms with Crippen LogP contribution in [0.3, 0.4) is 0 Å². The Bertz CT molecular complexity index is 710. The second kappa shape index (κ2) is 6.56. The van der Waals surface area contributed by atoms with E-state index in [2.05, 4.69) is 20.5 Å². The van der Waals surface area contributed by atoms with Crippen molar-refractivity contribution in [2.24, 2.45) is 5.10 Å². The number of nitrogens with zero attached hydrogens (tertiary/aromatic N) is 2. The number of H-pyrrole nitrogens is 1. The van der Waals surface area contributed by atoms with Gasteiger partial charge in [0.1, 0.15) is 0 Å². The fourth-order valence-corrected chi connectivity index (χ4v) is 1.73. The molecule has 0 aliphatic rings. The third-order valence-electron chi connectivity index (χ3n) is 2.66. The van der Waals surface area contributed by atoms with Gasteiger partial charge in [0.15, 0.2) is 11.5 Å². The second-order valence-corrected chi connectivity index (χ2v) is 4.22. The lowest BCUT2D eigenvalue weighted by molar-refractivity contribution is 0.355. The summed E-state index contributed by atoms with van der Waals surface area (Å²) in [6.45, 7) is 1.73. The number of aromatic amines is 1. The molecule has 7 nitrogen and oxygen atoms in total. The molecular formula is C14H16N4O3. The summed E-state index contributed by atoms with van der Waals surface area (Å²) >= 11 is 0. The number of aryl methyl sites for hydroxylation is 1. The number of hydrogen-bond donors (Lipinski definition) is 2. The Morgan fingerprint density at radius 3 is 2.67 bits per heavy atom. The third kappa shape index (κ3) is 3.82. The predicted molar refractivity (Wildman–Crippen MR) is 80.4 cm³/mol. The lowest BCUT2D eigenvalue weighted by Gasteiger charge is -2.07. The van der Waals surface area contributed by atoms with Gasteiger partial charge in [-0.3, -0.25) is 9.78 Å². The van der Waals surface area contributed by atoms with Gasteiger partial charge in [-0.25, -0.2) is 10.4 Å². The van der Waals surface area contributed by atoms with Gasteiger partial charge >= 0.3 is 0 Å². The van der Waals surface area contributed by atoms with Crippen molar-refractivity contribution >= 4 is 12.2 Å². The van der Waals surface area contributed by atoms with Crippen LogP contribution in [0.25, 0.3) is 0 Å². The Morgan fingerprint density at radius 1 is 1.24 bits per heavy atom. The number of hydrazone groups is 1. The Kier molecular flexibility index (Phi) is 4.55. The predicted octanol–water partition coefficient (Wildman–Crippen LogP) is 1.54. The third-order valence-corrected chi connectivity index (χ3v) is 2.66. The molecule has 0 saturated heterocycles. The van der Waals surface area contributed by atoms with Crippen LogP contribution in [-0.2, 0) is 0 Å². The molecule has 0 fully saturated rings. The lowest BCUT2D eigenvalue weighted by atomic mass is 10.2. The maximum absolute atomic E-state index is 11.3. The Hall–Kier alpha value is -2.83. The van der Waals surface area contributed by atoms with Gasteiger partial charge in [0.25, 0.3) is 5.56 Å². The molecule has 0 unspecified atom stereocenters. The molecule has 110 valence electrons. The minimum Gasteiger partial charge on any atom is -0.493 e. The molecule has 21 heavy (non-hydrogen) atoms. The molecule has 2 aromatic rings. The quantitative estimate of drug-likeness (QED) is 0.643. The highest BCUT2D eigenvalue weighted by Gasteiger charge is 2.03. The van der Waals surface area contributed by atoms with Gasteiger partial charge in [-0.2, -0.15) is 5.10 Å². The van der Waals surface area contributed by atoms with Crippen LogP contribution in [0.5, 0.6) is 11.5 Å². The highest BCUT2D eigenvalue weighted by atomic mass is 16.5. The largest absolute Gasteiger partial charge is 0.493 e. The molecule has 0 spiro atoms. The van der Waals surface area contributed by atoms with Crippen molar-refractivity contribution in [2.75, 3.05) is 19.6 Å². The molecule has 0 bridgehead atoms. The van der Waals surface area contributed by atoms with E-state index in [1.165, 1.54) is 6.07 Å². The number of aromatic nitrogens is 2. The van der Waals surface area contributed by atoms with E-state index in [0.29, 0.717) is 17.2 Å². The topological polar surface area (TPSA) is 88.6 Å². The molecule has 1 heterocycles. The average Bonchev–Trinajstić information content (AvgIpc) is 2.46. The maximum Gasteiger partial charge on any atom is 0.252 e. The molecule has 0 aliphatic heterocycles. The molecule has 1 aromatic carbocycles. The fraction of sp³-hybridized carbons (Fsp3) is 0.214. The smallest absolute Gasteiger partial charge is 0.252 e. The van der Waals surface area contributed by atoms with Crippen LogP contribution in [0.2, 0.25) is 0 Å². The van der Waals surface area contributed by atoms with Gasteiger partial charge in [-0.05, 0) is 30.7 Å². The van der Waals surface area contributed by atoms with Gasteiger partial charge in [-0.1, -0.05) is 0 Å². The number of ether oxygens (including phenoxy) is 2. The van der Waals surface area contributed by atoms with Crippen LogP contribution in [-0.4, -0.2) is 30.4 Å². The van der Waals surface area contributed by atoms with Crippen LogP contribution >= 0.6 is 0 Å². The van der Waals surface area contributed by atoms with E-state index in [4.69, 9.17) is 9.47 Å².